The maximum absolute atomic E-state index is 2.44. The van der Waals surface area contributed by atoms with Gasteiger partial charge in [0.1, 0.15) is 0 Å². The van der Waals surface area contributed by atoms with E-state index in [1.165, 1.54) is 83.2 Å². The standard InChI is InChI=1S/C52H35N/c1-5-16-36(17-6-1)38-28-32-42(33-29-38)53(43-34-30-39(31-35-43)37-18-7-2-8-19-37)47-27-15-26-46-50(47)52-49(41-22-11-4-12-23-41)45-25-14-13-24-44(45)48(51(46)52)40-20-9-3-10-21-40/h1-35H. The Balaban J connectivity index is 1.22. The normalized spacial score (nSPS) is 11.4. The first-order valence-corrected chi connectivity index (χ1v) is 18.3. The third kappa shape index (κ3) is 5.25. The van der Waals surface area contributed by atoms with E-state index in [0.717, 1.165) is 11.4 Å². The highest BCUT2D eigenvalue weighted by Gasteiger charge is 2.35. The second-order valence-corrected chi connectivity index (χ2v) is 13.6. The van der Waals surface area contributed by atoms with Gasteiger partial charge in [-0.15, -0.1) is 0 Å². The van der Waals surface area contributed by atoms with Gasteiger partial charge < -0.3 is 4.90 Å². The van der Waals surface area contributed by atoms with Gasteiger partial charge in [0.15, 0.2) is 0 Å². The quantitative estimate of drug-likeness (QED) is 0.163. The molecule has 0 aliphatic heterocycles. The van der Waals surface area contributed by atoms with Crippen LogP contribution in [0.4, 0.5) is 17.1 Å². The highest BCUT2D eigenvalue weighted by atomic mass is 15.1. The topological polar surface area (TPSA) is 3.24 Å². The summed E-state index contributed by atoms with van der Waals surface area (Å²) in [6.07, 6.45) is 0. The Hall–Kier alpha value is -6.96. The summed E-state index contributed by atoms with van der Waals surface area (Å²) in [4.78, 5) is 2.44. The molecule has 0 fully saturated rings. The molecule has 53 heavy (non-hydrogen) atoms. The van der Waals surface area contributed by atoms with Gasteiger partial charge in [-0.1, -0.05) is 182 Å². The van der Waals surface area contributed by atoms with Gasteiger partial charge in [-0.2, -0.15) is 0 Å². The monoisotopic (exact) mass is 673 g/mol. The minimum absolute atomic E-state index is 1.12. The van der Waals surface area contributed by atoms with Crippen molar-refractivity contribution < 1.29 is 0 Å². The van der Waals surface area contributed by atoms with E-state index >= 15 is 0 Å². The summed E-state index contributed by atoms with van der Waals surface area (Å²) < 4.78 is 0. The van der Waals surface area contributed by atoms with Crippen LogP contribution in [0, 0.1) is 0 Å². The molecule has 1 aliphatic rings. The second-order valence-electron chi connectivity index (χ2n) is 13.6. The Labute approximate surface area is 310 Å². The maximum Gasteiger partial charge on any atom is 0.0546 e. The molecule has 0 unspecified atom stereocenters. The molecule has 0 radical (unpaired) electrons. The van der Waals surface area contributed by atoms with Gasteiger partial charge in [-0.3, -0.25) is 0 Å². The third-order valence-corrected chi connectivity index (χ3v) is 10.6. The third-order valence-electron chi connectivity index (χ3n) is 10.6. The molecule has 0 saturated heterocycles. The van der Waals surface area contributed by atoms with E-state index in [1.54, 1.807) is 0 Å². The number of anilines is 3. The molecular formula is C52H35N. The first-order chi connectivity index (χ1) is 26.3. The van der Waals surface area contributed by atoms with Gasteiger partial charge in [-0.25, -0.2) is 0 Å². The number of rotatable bonds is 7. The van der Waals surface area contributed by atoms with E-state index in [0.29, 0.717) is 0 Å². The Morgan fingerprint density at radius 1 is 0.226 bits per heavy atom. The summed E-state index contributed by atoms with van der Waals surface area (Å²) in [5.41, 5.74) is 18.5. The second kappa shape index (κ2) is 13.0. The van der Waals surface area contributed by atoms with Crippen LogP contribution in [-0.2, 0) is 0 Å². The number of fused-ring (bicyclic) bond motifs is 5. The largest absolute Gasteiger partial charge is 0.310 e. The van der Waals surface area contributed by atoms with Crippen molar-refractivity contribution in [3.63, 3.8) is 0 Å². The lowest BCUT2D eigenvalue weighted by Crippen LogP contribution is -2.15. The van der Waals surface area contributed by atoms with Gasteiger partial charge >= 0.3 is 0 Å². The molecule has 248 valence electrons. The van der Waals surface area contributed by atoms with Crippen LogP contribution in [-0.4, -0.2) is 0 Å². The predicted octanol–water partition coefficient (Wildman–Crippen LogP) is 14.6. The first kappa shape index (κ1) is 30.8. The van der Waals surface area contributed by atoms with Crippen molar-refractivity contribution in [2.24, 2.45) is 0 Å². The van der Waals surface area contributed by atoms with Crippen LogP contribution >= 0.6 is 0 Å². The summed E-state index contributed by atoms with van der Waals surface area (Å²) in [7, 11) is 0. The molecule has 0 saturated carbocycles. The molecule has 0 heterocycles. The molecule has 1 heteroatoms. The Morgan fingerprint density at radius 2 is 0.604 bits per heavy atom. The molecule has 0 amide bonds. The molecule has 1 nitrogen and oxygen atoms in total. The lowest BCUT2D eigenvalue weighted by Gasteiger charge is -2.37. The van der Waals surface area contributed by atoms with Crippen molar-refractivity contribution in [2.45, 2.75) is 0 Å². The first-order valence-electron chi connectivity index (χ1n) is 18.3. The smallest absolute Gasteiger partial charge is 0.0546 e. The summed E-state index contributed by atoms with van der Waals surface area (Å²) >= 11 is 0. The lowest BCUT2D eigenvalue weighted by atomic mass is 9.70. The maximum atomic E-state index is 2.44. The van der Waals surface area contributed by atoms with Gasteiger partial charge in [0.2, 0.25) is 0 Å². The van der Waals surface area contributed by atoms with Crippen molar-refractivity contribution in [3.8, 4) is 66.8 Å². The minimum atomic E-state index is 1.12. The molecule has 9 aromatic rings. The Morgan fingerprint density at radius 3 is 1.06 bits per heavy atom. The molecule has 1 aliphatic carbocycles. The fourth-order valence-corrected chi connectivity index (χ4v) is 8.20. The van der Waals surface area contributed by atoms with Crippen molar-refractivity contribution in [1.29, 1.82) is 0 Å². The van der Waals surface area contributed by atoms with Gasteiger partial charge in [-0.05, 0) is 96.7 Å². The van der Waals surface area contributed by atoms with Crippen LogP contribution in [0.15, 0.2) is 212 Å². The van der Waals surface area contributed by atoms with Crippen LogP contribution < -0.4 is 4.90 Å². The van der Waals surface area contributed by atoms with Crippen LogP contribution in [0.1, 0.15) is 0 Å². The van der Waals surface area contributed by atoms with Crippen LogP contribution in [0.25, 0.3) is 77.5 Å². The van der Waals surface area contributed by atoms with Crippen molar-refractivity contribution in [3.05, 3.63) is 212 Å². The van der Waals surface area contributed by atoms with E-state index in [9.17, 15) is 0 Å². The van der Waals surface area contributed by atoms with Gasteiger partial charge in [0.25, 0.3) is 0 Å². The minimum Gasteiger partial charge on any atom is -0.310 e. The lowest BCUT2D eigenvalue weighted by molar-refractivity contribution is 1.28. The molecule has 0 bridgehead atoms. The van der Waals surface area contributed by atoms with E-state index in [-0.39, 0.29) is 0 Å². The summed E-state index contributed by atoms with van der Waals surface area (Å²) in [5, 5.41) is 2.54. The van der Waals surface area contributed by atoms with Crippen LogP contribution in [0.2, 0.25) is 0 Å². The number of hydrogen-bond donors (Lipinski definition) is 0. The summed E-state index contributed by atoms with van der Waals surface area (Å²) in [6.45, 7) is 0. The van der Waals surface area contributed by atoms with E-state index < -0.39 is 0 Å². The van der Waals surface area contributed by atoms with E-state index in [2.05, 4.69) is 217 Å². The molecule has 0 N–H and O–H groups in total. The van der Waals surface area contributed by atoms with Crippen molar-refractivity contribution in [2.75, 3.05) is 4.90 Å². The van der Waals surface area contributed by atoms with Crippen LogP contribution in [0.5, 0.6) is 0 Å². The fraction of sp³-hybridized carbons (Fsp3) is 0. The number of benzene rings is 9. The molecular weight excluding hydrogens is 639 g/mol. The average molecular weight is 674 g/mol. The summed E-state index contributed by atoms with van der Waals surface area (Å²) in [6, 6.07) is 76.9. The summed E-state index contributed by atoms with van der Waals surface area (Å²) in [5.74, 6) is 0. The molecule has 0 atom stereocenters. The van der Waals surface area contributed by atoms with Gasteiger partial charge in [0, 0.05) is 22.5 Å². The van der Waals surface area contributed by atoms with Gasteiger partial charge in [0.05, 0.1) is 5.69 Å². The fourth-order valence-electron chi connectivity index (χ4n) is 8.20. The zero-order valence-corrected chi connectivity index (χ0v) is 29.2. The predicted molar refractivity (Wildman–Crippen MR) is 225 cm³/mol. The highest BCUT2D eigenvalue weighted by Crippen LogP contribution is 2.62. The van der Waals surface area contributed by atoms with Crippen molar-refractivity contribution >= 4 is 27.8 Å². The zero-order valence-electron chi connectivity index (χ0n) is 29.2. The Bertz CT molecular complexity index is 2630. The highest BCUT2D eigenvalue weighted by molar-refractivity contribution is 6.26. The molecule has 9 aromatic carbocycles. The SMILES string of the molecule is c1ccc(-c2ccc(N(c3ccc(-c4ccccc4)cc3)c3cccc4c3-c3c-4c(-c4ccccc4)c4ccccc4c3-c3ccccc3)cc2)cc1. The number of hydrogen-bond acceptors (Lipinski definition) is 1. The average Bonchev–Trinajstić information content (AvgIpc) is 3.24. The van der Waals surface area contributed by atoms with E-state index in [4.69, 9.17) is 0 Å². The molecule has 10 rings (SSSR count). The number of nitrogens with zero attached hydrogens (tertiary/aromatic N) is 1. The molecule has 0 spiro atoms. The van der Waals surface area contributed by atoms with Crippen LogP contribution in [0.3, 0.4) is 0 Å². The van der Waals surface area contributed by atoms with E-state index in [1.807, 2.05) is 0 Å². The Kier molecular flexibility index (Phi) is 7.55. The van der Waals surface area contributed by atoms with Crippen molar-refractivity contribution in [1.82, 2.24) is 0 Å². The zero-order chi connectivity index (χ0) is 35.1. The molecule has 0 aromatic heterocycles.